The number of imidazole rings is 1. The lowest BCUT2D eigenvalue weighted by atomic mass is 10.1. The Morgan fingerprint density at radius 2 is 1.96 bits per heavy atom. The first-order valence-electron chi connectivity index (χ1n) is 9.59. The number of nitrogens with one attached hydrogen (secondary N) is 1. The van der Waals surface area contributed by atoms with E-state index in [0.29, 0.717) is 18.8 Å². The zero-order valence-corrected chi connectivity index (χ0v) is 15.5. The van der Waals surface area contributed by atoms with Gasteiger partial charge >= 0.3 is 0 Å². The predicted octanol–water partition coefficient (Wildman–Crippen LogP) is 3.11. The molecule has 1 aromatic heterocycles. The molecule has 0 bridgehead atoms. The van der Waals surface area contributed by atoms with Gasteiger partial charge in [-0.1, -0.05) is 0 Å². The first kappa shape index (κ1) is 18.1. The van der Waals surface area contributed by atoms with Crippen LogP contribution in [-0.4, -0.2) is 51.4 Å². The SMILES string of the molecule is C[C@H](C(=O)N1CCCCC1)N1CCc2nc(-c3ccc(F)cc3F)[nH]c2C1. The molecule has 2 aliphatic heterocycles. The minimum Gasteiger partial charge on any atom is -0.341 e. The maximum absolute atomic E-state index is 14.1. The van der Waals surface area contributed by atoms with Crippen LogP contribution in [0.15, 0.2) is 18.2 Å². The van der Waals surface area contributed by atoms with Gasteiger partial charge in [0.2, 0.25) is 5.91 Å². The summed E-state index contributed by atoms with van der Waals surface area (Å²) in [5.41, 5.74) is 2.05. The summed E-state index contributed by atoms with van der Waals surface area (Å²) in [5, 5.41) is 0. The van der Waals surface area contributed by atoms with Crippen molar-refractivity contribution in [3.63, 3.8) is 0 Å². The molecule has 1 fully saturated rings. The Hall–Kier alpha value is -2.28. The van der Waals surface area contributed by atoms with Crippen molar-refractivity contribution in [1.82, 2.24) is 19.8 Å². The number of amides is 1. The second-order valence-corrected chi connectivity index (χ2v) is 7.42. The fourth-order valence-corrected chi connectivity index (χ4v) is 3.99. The summed E-state index contributed by atoms with van der Waals surface area (Å²) in [7, 11) is 0. The Labute approximate surface area is 157 Å². The van der Waals surface area contributed by atoms with Gasteiger partial charge in [-0.25, -0.2) is 13.8 Å². The van der Waals surface area contributed by atoms with Crippen LogP contribution in [0.4, 0.5) is 8.78 Å². The zero-order chi connectivity index (χ0) is 19.0. The molecule has 0 spiro atoms. The monoisotopic (exact) mass is 374 g/mol. The van der Waals surface area contributed by atoms with Crippen molar-refractivity contribution in [2.24, 2.45) is 0 Å². The van der Waals surface area contributed by atoms with Crippen molar-refractivity contribution in [2.45, 2.75) is 45.2 Å². The topological polar surface area (TPSA) is 52.2 Å². The van der Waals surface area contributed by atoms with E-state index in [2.05, 4.69) is 14.9 Å². The fraction of sp³-hybridized carbons (Fsp3) is 0.500. The average molecular weight is 374 g/mol. The number of H-pyrrole nitrogens is 1. The standard InChI is InChI=1S/C20H24F2N4O/c1-13(20(27)25-8-3-2-4-9-25)26-10-7-17-18(12-26)24-19(23-17)15-6-5-14(21)11-16(15)22/h5-6,11,13H,2-4,7-10,12H2,1H3,(H,23,24)/t13-/m1/s1. The molecule has 0 aliphatic carbocycles. The highest BCUT2D eigenvalue weighted by molar-refractivity contribution is 5.81. The van der Waals surface area contributed by atoms with Gasteiger partial charge in [-0.2, -0.15) is 0 Å². The van der Waals surface area contributed by atoms with Crippen LogP contribution in [0.1, 0.15) is 37.6 Å². The number of carbonyl (C=O) groups is 1. The third-order valence-electron chi connectivity index (χ3n) is 5.62. The van der Waals surface area contributed by atoms with E-state index < -0.39 is 11.6 Å². The summed E-state index contributed by atoms with van der Waals surface area (Å²) >= 11 is 0. The first-order chi connectivity index (χ1) is 13.0. The maximum atomic E-state index is 14.1. The number of hydrogen-bond acceptors (Lipinski definition) is 3. The van der Waals surface area contributed by atoms with Gasteiger partial charge in [-0.15, -0.1) is 0 Å². The van der Waals surface area contributed by atoms with Gasteiger partial charge in [0.25, 0.3) is 0 Å². The maximum Gasteiger partial charge on any atom is 0.239 e. The molecule has 2 aromatic rings. The number of likely N-dealkylation sites (tertiary alicyclic amines) is 1. The highest BCUT2D eigenvalue weighted by Gasteiger charge is 2.30. The van der Waals surface area contributed by atoms with E-state index >= 15 is 0 Å². The van der Waals surface area contributed by atoms with Gasteiger partial charge in [0, 0.05) is 38.7 Å². The Kier molecular flexibility index (Phi) is 4.95. The molecule has 0 saturated carbocycles. The fourth-order valence-electron chi connectivity index (χ4n) is 3.99. The molecule has 4 rings (SSSR count). The normalized spacial score (nSPS) is 19.0. The van der Waals surface area contributed by atoms with E-state index in [9.17, 15) is 13.6 Å². The summed E-state index contributed by atoms with van der Waals surface area (Å²) in [6, 6.07) is 3.30. The molecule has 0 unspecified atom stereocenters. The van der Waals surface area contributed by atoms with Crippen LogP contribution in [0.5, 0.6) is 0 Å². The van der Waals surface area contributed by atoms with Crippen LogP contribution in [0.2, 0.25) is 0 Å². The van der Waals surface area contributed by atoms with Gasteiger partial charge in [0.05, 0.1) is 23.0 Å². The van der Waals surface area contributed by atoms with E-state index in [-0.39, 0.29) is 17.5 Å². The van der Waals surface area contributed by atoms with E-state index in [1.165, 1.54) is 18.6 Å². The highest BCUT2D eigenvalue weighted by Crippen LogP contribution is 2.26. The van der Waals surface area contributed by atoms with Gasteiger partial charge in [-0.05, 0) is 38.3 Å². The molecule has 1 amide bonds. The molecular formula is C20H24F2N4O. The molecule has 144 valence electrons. The minimum absolute atomic E-state index is 0.183. The zero-order valence-electron chi connectivity index (χ0n) is 15.5. The summed E-state index contributed by atoms with van der Waals surface area (Å²) in [6.07, 6.45) is 4.06. The summed E-state index contributed by atoms with van der Waals surface area (Å²) in [4.78, 5) is 24.6. The predicted molar refractivity (Wildman–Crippen MR) is 97.9 cm³/mol. The quantitative estimate of drug-likeness (QED) is 0.898. The van der Waals surface area contributed by atoms with Crippen LogP contribution in [0.25, 0.3) is 11.4 Å². The second-order valence-electron chi connectivity index (χ2n) is 7.42. The van der Waals surface area contributed by atoms with E-state index in [1.807, 2.05) is 11.8 Å². The third kappa shape index (κ3) is 3.60. The van der Waals surface area contributed by atoms with Crippen molar-refractivity contribution in [2.75, 3.05) is 19.6 Å². The number of fused-ring (bicyclic) bond motifs is 1. The van der Waals surface area contributed by atoms with Crippen molar-refractivity contribution >= 4 is 5.91 Å². The van der Waals surface area contributed by atoms with Crippen LogP contribution >= 0.6 is 0 Å². The molecule has 2 aliphatic rings. The molecule has 7 heteroatoms. The smallest absolute Gasteiger partial charge is 0.239 e. The number of piperidine rings is 1. The van der Waals surface area contributed by atoms with Gasteiger partial charge in [0.15, 0.2) is 0 Å². The van der Waals surface area contributed by atoms with Crippen LogP contribution in [-0.2, 0) is 17.8 Å². The van der Waals surface area contributed by atoms with Crippen molar-refractivity contribution in [3.8, 4) is 11.4 Å². The van der Waals surface area contributed by atoms with Crippen LogP contribution in [0.3, 0.4) is 0 Å². The molecule has 3 heterocycles. The van der Waals surface area contributed by atoms with E-state index in [1.54, 1.807) is 0 Å². The van der Waals surface area contributed by atoms with Gasteiger partial charge < -0.3 is 9.88 Å². The lowest BCUT2D eigenvalue weighted by molar-refractivity contribution is -0.137. The Morgan fingerprint density at radius 3 is 2.70 bits per heavy atom. The number of carbonyl (C=O) groups excluding carboxylic acids is 1. The van der Waals surface area contributed by atoms with Crippen molar-refractivity contribution < 1.29 is 13.6 Å². The molecule has 5 nitrogen and oxygen atoms in total. The highest BCUT2D eigenvalue weighted by atomic mass is 19.1. The van der Waals surface area contributed by atoms with E-state index in [4.69, 9.17) is 0 Å². The number of rotatable bonds is 3. The third-order valence-corrected chi connectivity index (χ3v) is 5.62. The summed E-state index contributed by atoms with van der Waals surface area (Å²) in [6.45, 7) is 4.97. The molecule has 1 aromatic carbocycles. The van der Waals surface area contributed by atoms with Crippen LogP contribution < -0.4 is 0 Å². The Bertz CT molecular complexity index is 845. The number of aromatic amines is 1. The summed E-state index contributed by atoms with van der Waals surface area (Å²) < 4.78 is 27.2. The molecule has 1 atom stereocenters. The largest absolute Gasteiger partial charge is 0.341 e. The minimum atomic E-state index is -0.633. The van der Waals surface area contributed by atoms with Crippen molar-refractivity contribution in [3.05, 3.63) is 41.2 Å². The van der Waals surface area contributed by atoms with Crippen LogP contribution in [0, 0.1) is 11.6 Å². The number of aromatic nitrogens is 2. The molecular weight excluding hydrogens is 350 g/mol. The molecule has 1 N–H and O–H groups in total. The Balaban J connectivity index is 1.50. The lowest BCUT2D eigenvalue weighted by Crippen LogP contribution is -2.49. The first-order valence-corrected chi connectivity index (χ1v) is 9.59. The van der Waals surface area contributed by atoms with Crippen molar-refractivity contribution in [1.29, 1.82) is 0 Å². The molecule has 27 heavy (non-hydrogen) atoms. The number of nitrogens with zero attached hydrogens (tertiary/aromatic N) is 3. The van der Waals surface area contributed by atoms with Gasteiger partial charge in [-0.3, -0.25) is 9.69 Å². The average Bonchev–Trinajstić information content (AvgIpc) is 3.10. The lowest BCUT2D eigenvalue weighted by Gasteiger charge is -2.35. The Morgan fingerprint density at radius 1 is 1.19 bits per heavy atom. The molecule has 0 radical (unpaired) electrons. The second kappa shape index (κ2) is 7.38. The van der Waals surface area contributed by atoms with E-state index in [0.717, 1.165) is 49.9 Å². The number of halogens is 2. The summed E-state index contributed by atoms with van der Waals surface area (Å²) in [5.74, 6) is -0.646. The number of benzene rings is 1. The number of hydrogen-bond donors (Lipinski definition) is 1. The van der Waals surface area contributed by atoms with Gasteiger partial charge in [0.1, 0.15) is 17.5 Å². The molecule has 1 saturated heterocycles.